The molecule has 8 heterocycles. The minimum atomic E-state index is -1.55. The third-order valence-electron chi connectivity index (χ3n) is 14.1. The third-order valence-corrected chi connectivity index (χ3v) is 14.8. The van der Waals surface area contributed by atoms with Gasteiger partial charge in [-0.05, 0) is 130 Å². The number of benzene rings is 2. The maximum Gasteiger partial charge on any atom is 0.307 e. The van der Waals surface area contributed by atoms with Crippen molar-refractivity contribution in [3.63, 3.8) is 0 Å². The van der Waals surface area contributed by atoms with Crippen molar-refractivity contribution in [2.75, 3.05) is 39.7 Å². The molecular weight excluding hydrogens is 993 g/mol. The number of hydrogen-bond acceptors (Lipinski definition) is 11. The number of carboxylic acid groups (broad SMARTS) is 1. The summed E-state index contributed by atoms with van der Waals surface area (Å²) in [6, 6.07) is 11.4. The van der Waals surface area contributed by atoms with Crippen LogP contribution in [0.15, 0.2) is 61.2 Å². The summed E-state index contributed by atoms with van der Waals surface area (Å²) in [5, 5.41) is 44.0. The summed E-state index contributed by atoms with van der Waals surface area (Å²) in [6.07, 6.45) is 13.5. The Kier molecular flexibility index (Phi) is 18.0. The number of rotatable bonds is 10. The Bertz CT molecular complexity index is 2870. The fraction of sp³-hybridized carbons (Fsp3) is 0.500. The number of carbonyl (C=O) groups excluding carboxylic acids is 1. The molecule has 4 aromatic heterocycles. The Morgan fingerprint density at radius 1 is 0.750 bits per heavy atom. The van der Waals surface area contributed by atoms with Crippen molar-refractivity contribution in [2.45, 2.75) is 128 Å². The summed E-state index contributed by atoms with van der Waals surface area (Å²) < 4.78 is 41.4. The van der Waals surface area contributed by atoms with Gasteiger partial charge in [-0.25, -0.2) is 28.1 Å². The van der Waals surface area contributed by atoms with Gasteiger partial charge >= 0.3 is 5.97 Å². The molecule has 15 nitrogen and oxygen atoms in total. The Balaban J connectivity index is 0.000000174. The van der Waals surface area contributed by atoms with Crippen LogP contribution in [0, 0.1) is 0 Å². The van der Waals surface area contributed by atoms with E-state index in [4.69, 9.17) is 37.8 Å². The summed E-state index contributed by atoms with van der Waals surface area (Å²) in [5.74, 6) is -0.983. The lowest BCUT2D eigenvalue weighted by Gasteiger charge is -2.38. The van der Waals surface area contributed by atoms with Crippen molar-refractivity contribution in [2.24, 2.45) is 0 Å². The first-order chi connectivity index (χ1) is 34.0. The fourth-order valence-electron chi connectivity index (χ4n) is 10.2. The number of hydrogen-bond donors (Lipinski definition) is 4. The second-order valence-corrected chi connectivity index (χ2v) is 20.0. The van der Waals surface area contributed by atoms with Gasteiger partial charge in [0, 0.05) is 49.0 Å². The van der Waals surface area contributed by atoms with E-state index in [1.165, 1.54) is 25.6 Å². The smallest absolute Gasteiger partial charge is 0.307 e. The molecule has 0 radical (unpaired) electrons. The van der Waals surface area contributed by atoms with Crippen molar-refractivity contribution in [1.82, 2.24) is 39.7 Å². The van der Waals surface area contributed by atoms with Gasteiger partial charge in [0.05, 0.1) is 41.3 Å². The molecule has 6 atom stereocenters. The third kappa shape index (κ3) is 11.6. The van der Waals surface area contributed by atoms with Gasteiger partial charge in [-0.1, -0.05) is 59.6 Å². The summed E-state index contributed by atoms with van der Waals surface area (Å²) in [4.78, 5) is 35.1. The normalized spacial score (nSPS) is 21.4. The van der Waals surface area contributed by atoms with E-state index in [-0.39, 0.29) is 55.7 Å². The van der Waals surface area contributed by atoms with E-state index in [1.807, 2.05) is 42.2 Å². The molecule has 2 aromatic carbocycles. The SMILES string of the molecule is C[C@@H]1NCCc2c1cccc2[C@](C)(O)CF.C[C@H]1c2cccc([C@](C)(O)CF)c2CCN1C(=O)Cc1c(Cl)cnc2c1cnn2C1CCCCO1.Cl.O=C(O)Cc1c(Cl)cnc2c1cnn2C1CCCCO1. The first-order valence-electron chi connectivity index (χ1n) is 24.3. The number of aromatic nitrogens is 6. The Labute approximate surface area is 433 Å². The number of carboxylic acids is 1. The van der Waals surface area contributed by atoms with Crippen LogP contribution in [0.4, 0.5) is 8.78 Å². The second-order valence-electron chi connectivity index (χ2n) is 19.2. The average molecular weight is 1060 g/mol. The van der Waals surface area contributed by atoms with Crippen LogP contribution in [0.1, 0.15) is 135 Å². The zero-order valence-corrected chi connectivity index (χ0v) is 43.3. The standard InChI is InChI=1S/C26H30ClFN4O3.C13H14ClN3O3.C13H18FNO.ClH/c1-16-17-6-5-7-21(26(2,34)15-28)18(17)9-10-31(16)23(33)12-19-20-13-30-32(24-8-3-4-11-35-24)25(20)29-14-22(19)27;14-10-7-15-13-9(8(10)5-12(18)19)6-16-17(13)11-3-1-2-4-20-11;1-9-10-4-3-5-12(13(2,16)8-14)11(10)6-7-15-9;/h5-7,13-14,16,24,34H,3-4,8-12,15H2,1-2H3;6-7,11H,1-5H2,(H,18,19);3-5,9,15-16H,6-8H2,1-2H3;1H/t16-,24?,26+;;9-,13+;/m0.0./s1. The highest BCUT2D eigenvalue weighted by Gasteiger charge is 2.35. The maximum absolute atomic E-state index is 13.5. The van der Waals surface area contributed by atoms with E-state index in [9.17, 15) is 28.6 Å². The first-order valence-corrected chi connectivity index (χ1v) is 25.1. The molecule has 0 saturated carbocycles. The van der Waals surface area contributed by atoms with Crippen molar-refractivity contribution >= 4 is 69.6 Å². The van der Waals surface area contributed by atoms with Crippen LogP contribution in [0.3, 0.4) is 0 Å². The molecule has 0 bridgehead atoms. The number of alkyl halides is 2. The first kappa shape index (κ1) is 54.9. The second kappa shape index (κ2) is 23.6. The quantitative estimate of drug-likeness (QED) is 0.102. The van der Waals surface area contributed by atoms with Gasteiger partial charge in [-0.3, -0.25) is 9.59 Å². The predicted molar refractivity (Wildman–Crippen MR) is 273 cm³/mol. The van der Waals surface area contributed by atoms with Crippen LogP contribution in [-0.4, -0.2) is 101 Å². The minimum Gasteiger partial charge on any atom is -0.481 e. The summed E-state index contributed by atoms with van der Waals surface area (Å²) in [6.45, 7) is 8.24. The Morgan fingerprint density at radius 2 is 1.25 bits per heavy atom. The molecule has 388 valence electrons. The Hall–Kier alpha value is -4.85. The van der Waals surface area contributed by atoms with E-state index in [0.29, 0.717) is 69.6 Å². The number of aliphatic hydroxyl groups is 2. The number of nitrogens with one attached hydrogen (secondary N) is 1. The lowest BCUT2D eigenvalue weighted by molar-refractivity contribution is -0.136. The van der Waals surface area contributed by atoms with E-state index >= 15 is 0 Å². The molecule has 4 N–H and O–H groups in total. The van der Waals surface area contributed by atoms with Gasteiger partial charge in [0.25, 0.3) is 0 Å². The van der Waals surface area contributed by atoms with Crippen molar-refractivity contribution in [1.29, 1.82) is 0 Å². The summed E-state index contributed by atoms with van der Waals surface area (Å²) >= 11 is 12.6. The van der Waals surface area contributed by atoms with Gasteiger partial charge in [-0.15, -0.1) is 12.4 Å². The van der Waals surface area contributed by atoms with Crippen LogP contribution in [0.2, 0.25) is 10.0 Å². The maximum atomic E-state index is 13.5. The number of halogens is 5. The van der Waals surface area contributed by atoms with Crippen LogP contribution >= 0.6 is 35.6 Å². The monoisotopic (exact) mass is 1050 g/mol. The minimum absolute atomic E-state index is 0. The number of aliphatic carboxylic acids is 1. The molecule has 4 aliphatic rings. The van der Waals surface area contributed by atoms with Gasteiger partial charge < -0.3 is 35.0 Å². The molecule has 0 spiro atoms. The van der Waals surface area contributed by atoms with Gasteiger partial charge in [-0.2, -0.15) is 10.2 Å². The van der Waals surface area contributed by atoms with Crippen molar-refractivity contribution in [3.05, 3.63) is 116 Å². The summed E-state index contributed by atoms with van der Waals surface area (Å²) in [7, 11) is 0. The van der Waals surface area contributed by atoms with E-state index < -0.39 is 30.5 Å². The fourth-order valence-corrected chi connectivity index (χ4v) is 10.7. The molecule has 2 fully saturated rings. The number of ether oxygens (including phenoxy) is 2. The molecule has 4 aliphatic heterocycles. The Morgan fingerprint density at radius 3 is 1.74 bits per heavy atom. The molecule has 2 unspecified atom stereocenters. The van der Waals surface area contributed by atoms with Crippen LogP contribution < -0.4 is 5.32 Å². The largest absolute Gasteiger partial charge is 0.481 e. The lowest BCUT2D eigenvalue weighted by Crippen LogP contribution is -2.41. The molecule has 10 rings (SSSR count). The van der Waals surface area contributed by atoms with Crippen LogP contribution in [0.5, 0.6) is 0 Å². The molecule has 20 heteroatoms. The van der Waals surface area contributed by atoms with E-state index in [1.54, 1.807) is 34.0 Å². The van der Waals surface area contributed by atoms with E-state index in [2.05, 4.69) is 32.4 Å². The predicted octanol–water partition coefficient (Wildman–Crippen LogP) is 9.55. The van der Waals surface area contributed by atoms with Gasteiger partial charge in [0.15, 0.2) is 23.8 Å². The van der Waals surface area contributed by atoms with Crippen LogP contribution in [0.25, 0.3) is 22.1 Å². The lowest BCUT2D eigenvalue weighted by atomic mass is 9.83. The number of carbonyl (C=O) groups is 2. The summed E-state index contributed by atoms with van der Waals surface area (Å²) in [5.41, 5.74) is 5.10. The molecule has 72 heavy (non-hydrogen) atoms. The van der Waals surface area contributed by atoms with Crippen LogP contribution in [-0.2, 0) is 55.9 Å². The molecular formula is C52H63Cl3F2N8O7. The highest BCUT2D eigenvalue weighted by Crippen LogP contribution is 2.38. The zero-order chi connectivity index (χ0) is 50.6. The van der Waals surface area contributed by atoms with Gasteiger partial charge in [0.1, 0.15) is 24.6 Å². The van der Waals surface area contributed by atoms with Crippen molar-refractivity contribution in [3.8, 4) is 0 Å². The van der Waals surface area contributed by atoms with Gasteiger partial charge in [0.2, 0.25) is 5.91 Å². The topological polar surface area (TPSA) is 190 Å². The number of pyridine rings is 2. The number of amides is 1. The highest BCUT2D eigenvalue weighted by atomic mass is 35.5. The highest BCUT2D eigenvalue weighted by molar-refractivity contribution is 6.32. The number of fused-ring (bicyclic) bond motifs is 4. The zero-order valence-electron chi connectivity index (χ0n) is 40.9. The molecule has 2 saturated heterocycles. The molecule has 6 aromatic rings. The average Bonchev–Trinajstić information content (AvgIpc) is 4.02. The number of nitrogens with zero attached hydrogens (tertiary/aromatic N) is 7. The molecule has 0 aliphatic carbocycles. The van der Waals surface area contributed by atoms with E-state index in [0.717, 1.165) is 79.1 Å². The van der Waals surface area contributed by atoms with Crippen molar-refractivity contribution < 1.29 is 43.2 Å². The molecule has 1 amide bonds.